The Labute approximate surface area is 100 Å². The highest BCUT2D eigenvalue weighted by Crippen LogP contribution is 2.25. The van der Waals surface area contributed by atoms with E-state index in [-0.39, 0.29) is 11.4 Å². The molecular formula is C12H18FNOS. The molecule has 0 aliphatic carbocycles. The quantitative estimate of drug-likeness (QED) is 0.500. The number of halogens is 1. The van der Waals surface area contributed by atoms with Crippen molar-refractivity contribution in [1.82, 2.24) is 0 Å². The Balaban J connectivity index is 2.40. The minimum atomic E-state index is -0.256. The average Bonchev–Trinajstić information content (AvgIpc) is 2.16. The summed E-state index contributed by atoms with van der Waals surface area (Å²) in [5.74, 6) is 0.513. The lowest BCUT2D eigenvalue weighted by atomic mass is 10.2. The molecule has 0 saturated carbocycles. The van der Waals surface area contributed by atoms with Gasteiger partial charge in [0.15, 0.2) is 0 Å². The maximum Gasteiger partial charge on any atom is 0.124 e. The van der Waals surface area contributed by atoms with Crippen LogP contribution in [0.1, 0.15) is 20.8 Å². The lowest BCUT2D eigenvalue weighted by molar-refractivity contribution is 0.00695. The average molecular weight is 243 g/mol. The van der Waals surface area contributed by atoms with Crippen LogP contribution >= 0.6 is 11.8 Å². The van der Waals surface area contributed by atoms with E-state index in [0.717, 1.165) is 10.6 Å². The fraction of sp³-hybridized carbons (Fsp3) is 0.500. The zero-order valence-electron chi connectivity index (χ0n) is 9.92. The second kappa shape index (κ2) is 5.55. The van der Waals surface area contributed by atoms with Gasteiger partial charge in [0.2, 0.25) is 0 Å². The van der Waals surface area contributed by atoms with Crippen LogP contribution in [0, 0.1) is 5.82 Å². The van der Waals surface area contributed by atoms with Crippen molar-refractivity contribution in [1.29, 1.82) is 0 Å². The first kappa shape index (κ1) is 13.3. The predicted octanol–water partition coefficient (Wildman–Crippen LogP) is 3.32. The minimum absolute atomic E-state index is 0.131. The number of anilines is 1. The highest BCUT2D eigenvalue weighted by Gasteiger charge is 2.09. The molecule has 0 fully saturated rings. The molecule has 2 nitrogen and oxygen atoms in total. The molecule has 0 atom stereocenters. The van der Waals surface area contributed by atoms with Crippen LogP contribution in [0.3, 0.4) is 0 Å². The van der Waals surface area contributed by atoms with Gasteiger partial charge in [0, 0.05) is 16.3 Å². The van der Waals surface area contributed by atoms with E-state index in [0.29, 0.717) is 12.3 Å². The van der Waals surface area contributed by atoms with Gasteiger partial charge in [-0.15, -0.1) is 11.8 Å². The summed E-state index contributed by atoms with van der Waals surface area (Å²) < 4.78 is 18.5. The van der Waals surface area contributed by atoms with Gasteiger partial charge in [-0.05, 0) is 39.0 Å². The normalized spacial score (nSPS) is 11.8. The third-order valence-corrected chi connectivity index (χ3v) is 2.89. The molecule has 0 heterocycles. The highest BCUT2D eigenvalue weighted by molar-refractivity contribution is 7.99. The number of thioether (sulfide) groups is 1. The van der Waals surface area contributed by atoms with Gasteiger partial charge in [-0.1, -0.05) is 0 Å². The van der Waals surface area contributed by atoms with Crippen molar-refractivity contribution >= 4 is 17.4 Å². The third kappa shape index (κ3) is 4.86. The van der Waals surface area contributed by atoms with Gasteiger partial charge in [-0.2, -0.15) is 0 Å². The fourth-order valence-corrected chi connectivity index (χ4v) is 1.95. The van der Waals surface area contributed by atoms with Crippen LogP contribution < -0.4 is 5.73 Å². The topological polar surface area (TPSA) is 35.2 Å². The summed E-state index contributed by atoms with van der Waals surface area (Å²) in [6, 6.07) is 4.41. The predicted molar refractivity (Wildman–Crippen MR) is 67.2 cm³/mol. The Morgan fingerprint density at radius 2 is 2.06 bits per heavy atom. The van der Waals surface area contributed by atoms with Gasteiger partial charge >= 0.3 is 0 Å². The van der Waals surface area contributed by atoms with Crippen LogP contribution in [0.4, 0.5) is 10.1 Å². The van der Waals surface area contributed by atoms with Gasteiger partial charge in [-0.3, -0.25) is 0 Å². The lowest BCUT2D eigenvalue weighted by Crippen LogP contribution is -2.20. The number of ether oxygens (including phenoxy) is 1. The van der Waals surface area contributed by atoms with Crippen molar-refractivity contribution in [2.45, 2.75) is 31.3 Å². The molecule has 4 heteroatoms. The van der Waals surface area contributed by atoms with Crippen molar-refractivity contribution in [2.75, 3.05) is 18.1 Å². The molecule has 0 aromatic heterocycles. The molecule has 1 aromatic rings. The Kier molecular flexibility index (Phi) is 4.62. The third-order valence-electron chi connectivity index (χ3n) is 1.85. The van der Waals surface area contributed by atoms with Gasteiger partial charge in [-0.25, -0.2) is 4.39 Å². The van der Waals surface area contributed by atoms with Crippen LogP contribution in [0.5, 0.6) is 0 Å². The molecular weight excluding hydrogens is 225 g/mol. The van der Waals surface area contributed by atoms with E-state index in [1.165, 1.54) is 23.9 Å². The number of hydrogen-bond donors (Lipinski definition) is 1. The Hall–Kier alpha value is -0.740. The molecule has 0 spiro atoms. The standard InChI is InChI=1S/C12H18FNOS/c1-12(2,3)15-6-7-16-11-8-9(13)4-5-10(11)14/h4-5,8H,6-7,14H2,1-3H3. The zero-order chi connectivity index (χ0) is 12.2. The summed E-state index contributed by atoms with van der Waals surface area (Å²) >= 11 is 1.51. The summed E-state index contributed by atoms with van der Waals surface area (Å²) in [5, 5.41) is 0. The first-order chi connectivity index (χ1) is 7.38. The fourth-order valence-electron chi connectivity index (χ4n) is 1.13. The molecule has 2 N–H and O–H groups in total. The van der Waals surface area contributed by atoms with Crippen molar-refractivity contribution < 1.29 is 9.13 Å². The maximum absolute atomic E-state index is 12.9. The van der Waals surface area contributed by atoms with E-state index in [9.17, 15) is 4.39 Å². The smallest absolute Gasteiger partial charge is 0.124 e. The molecule has 0 bridgehead atoms. The molecule has 0 aliphatic rings. The minimum Gasteiger partial charge on any atom is -0.398 e. The van der Waals surface area contributed by atoms with E-state index >= 15 is 0 Å². The largest absolute Gasteiger partial charge is 0.398 e. The van der Waals surface area contributed by atoms with E-state index in [1.807, 2.05) is 20.8 Å². The number of rotatable bonds is 4. The van der Waals surface area contributed by atoms with Crippen molar-refractivity contribution in [3.63, 3.8) is 0 Å². The molecule has 0 unspecified atom stereocenters. The molecule has 90 valence electrons. The molecule has 1 aromatic carbocycles. The molecule has 0 saturated heterocycles. The zero-order valence-corrected chi connectivity index (χ0v) is 10.7. The monoisotopic (exact) mass is 243 g/mol. The maximum atomic E-state index is 12.9. The lowest BCUT2D eigenvalue weighted by Gasteiger charge is -2.19. The van der Waals surface area contributed by atoms with Crippen LogP contribution in [-0.4, -0.2) is 18.0 Å². The summed E-state index contributed by atoms with van der Waals surface area (Å²) in [6.45, 7) is 6.65. The number of hydrogen-bond acceptors (Lipinski definition) is 3. The second-order valence-corrected chi connectivity index (χ2v) is 5.63. The van der Waals surface area contributed by atoms with Crippen LogP contribution in [0.2, 0.25) is 0 Å². The Morgan fingerprint density at radius 1 is 1.38 bits per heavy atom. The molecule has 0 aliphatic heterocycles. The van der Waals surface area contributed by atoms with E-state index in [2.05, 4.69) is 0 Å². The van der Waals surface area contributed by atoms with Crippen LogP contribution in [0.15, 0.2) is 23.1 Å². The van der Waals surface area contributed by atoms with E-state index in [4.69, 9.17) is 10.5 Å². The van der Waals surface area contributed by atoms with Crippen LogP contribution in [0.25, 0.3) is 0 Å². The second-order valence-electron chi connectivity index (χ2n) is 4.49. The number of nitrogen functional groups attached to an aromatic ring is 1. The molecule has 16 heavy (non-hydrogen) atoms. The Bertz CT molecular complexity index is 349. The van der Waals surface area contributed by atoms with Gasteiger partial charge in [0.1, 0.15) is 5.82 Å². The van der Waals surface area contributed by atoms with Crippen molar-refractivity contribution in [3.05, 3.63) is 24.0 Å². The van der Waals surface area contributed by atoms with Gasteiger partial charge in [0.05, 0.1) is 12.2 Å². The first-order valence-electron chi connectivity index (χ1n) is 5.20. The van der Waals surface area contributed by atoms with Crippen LogP contribution in [-0.2, 0) is 4.74 Å². The van der Waals surface area contributed by atoms with Crippen molar-refractivity contribution in [2.24, 2.45) is 0 Å². The molecule has 0 radical (unpaired) electrons. The highest BCUT2D eigenvalue weighted by atomic mass is 32.2. The summed E-state index contributed by atoms with van der Waals surface area (Å²) in [4.78, 5) is 0.775. The Morgan fingerprint density at radius 3 is 2.69 bits per heavy atom. The van der Waals surface area contributed by atoms with E-state index < -0.39 is 0 Å². The summed E-state index contributed by atoms with van der Waals surface area (Å²) in [7, 11) is 0. The summed E-state index contributed by atoms with van der Waals surface area (Å²) in [5.41, 5.74) is 6.21. The first-order valence-corrected chi connectivity index (χ1v) is 6.19. The van der Waals surface area contributed by atoms with E-state index in [1.54, 1.807) is 6.07 Å². The van der Waals surface area contributed by atoms with Crippen molar-refractivity contribution in [3.8, 4) is 0 Å². The summed E-state index contributed by atoms with van der Waals surface area (Å²) in [6.07, 6.45) is 0. The molecule has 0 amide bonds. The van der Waals surface area contributed by atoms with Gasteiger partial charge < -0.3 is 10.5 Å². The SMILES string of the molecule is CC(C)(C)OCCSc1cc(F)ccc1N. The number of nitrogens with two attached hydrogens (primary N) is 1. The van der Waals surface area contributed by atoms with Gasteiger partial charge in [0.25, 0.3) is 0 Å². The number of benzene rings is 1. The molecule has 1 rings (SSSR count).